The van der Waals surface area contributed by atoms with E-state index in [0.717, 1.165) is 25.3 Å². The highest BCUT2D eigenvalue weighted by Gasteiger charge is 2.37. The van der Waals surface area contributed by atoms with Crippen LogP contribution in [-0.2, 0) is 6.18 Å². The number of alkyl halides is 3. The molecule has 0 spiro atoms. The predicted octanol–water partition coefficient (Wildman–Crippen LogP) is 4.41. The van der Waals surface area contributed by atoms with E-state index in [9.17, 15) is 18.0 Å². The SMILES string of the molecule is C[C@H]1CCC[C@H](C)N1C(=O)c1cnn2c(C(F)(F)F)cc(-c3ccco3)nc12. The molecule has 3 aromatic rings. The third-order valence-electron chi connectivity index (χ3n) is 5.19. The predicted molar refractivity (Wildman–Crippen MR) is 94.6 cm³/mol. The second-order valence-corrected chi connectivity index (χ2v) is 7.14. The number of nitrogens with zero attached hydrogens (tertiary/aromatic N) is 4. The standard InChI is InChI=1S/C19H19F3N4O2/c1-11-5-3-6-12(2)25(11)18(27)13-10-23-26-16(19(20,21)22)9-14(24-17(13)26)15-7-4-8-28-15/h4,7-12H,3,5-6H2,1-2H3/t11-,12-/m0/s1. The number of carbonyl (C=O) groups excluding carboxylic acids is 1. The van der Waals surface area contributed by atoms with Crippen molar-refractivity contribution < 1.29 is 22.4 Å². The maximum absolute atomic E-state index is 13.6. The molecule has 1 fully saturated rings. The summed E-state index contributed by atoms with van der Waals surface area (Å²) in [5.74, 6) is -0.167. The van der Waals surface area contributed by atoms with Gasteiger partial charge in [0, 0.05) is 12.1 Å². The molecule has 1 aliphatic heterocycles. The number of piperidine rings is 1. The first-order chi connectivity index (χ1) is 13.3. The minimum Gasteiger partial charge on any atom is -0.463 e. The molecule has 0 aliphatic carbocycles. The summed E-state index contributed by atoms with van der Waals surface area (Å²) < 4.78 is 46.7. The molecule has 2 atom stereocenters. The Bertz CT molecular complexity index is 1000. The number of carbonyl (C=O) groups is 1. The summed E-state index contributed by atoms with van der Waals surface area (Å²) in [5, 5.41) is 3.83. The Morgan fingerprint density at radius 2 is 1.96 bits per heavy atom. The van der Waals surface area contributed by atoms with E-state index in [1.165, 1.54) is 18.5 Å². The second-order valence-electron chi connectivity index (χ2n) is 7.14. The Kier molecular flexibility index (Phi) is 4.40. The zero-order valence-electron chi connectivity index (χ0n) is 15.4. The van der Waals surface area contributed by atoms with Crippen molar-refractivity contribution in [1.82, 2.24) is 19.5 Å². The summed E-state index contributed by atoms with van der Waals surface area (Å²) in [6.45, 7) is 3.89. The van der Waals surface area contributed by atoms with Gasteiger partial charge in [-0.2, -0.15) is 18.3 Å². The average molecular weight is 392 g/mol. The van der Waals surface area contributed by atoms with Crippen LogP contribution in [0.1, 0.15) is 49.2 Å². The lowest BCUT2D eigenvalue weighted by Gasteiger charge is -2.38. The van der Waals surface area contributed by atoms with E-state index in [-0.39, 0.29) is 40.7 Å². The first kappa shape index (κ1) is 18.5. The van der Waals surface area contributed by atoms with E-state index in [1.54, 1.807) is 11.0 Å². The number of rotatable bonds is 2. The van der Waals surface area contributed by atoms with Gasteiger partial charge in [-0.05, 0) is 51.3 Å². The first-order valence-corrected chi connectivity index (χ1v) is 9.10. The summed E-state index contributed by atoms with van der Waals surface area (Å²) in [4.78, 5) is 19.2. The molecule has 28 heavy (non-hydrogen) atoms. The molecule has 0 N–H and O–H groups in total. The Morgan fingerprint density at radius 3 is 2.57 bits per heavy atom. The number of hydrogen-bond donors (Lipinski definition) is 0. The second kappa shape index (κ2) is 6.65. The van der Waals surface area contributed by atoms with Crippen LogP contribution in [-0.4, -0.2) is 37.5 Å². The topological polar surface area (TPSA) is 63.6 Å². The van der Waals surface area contributed by atoms with Crippen LogP contribution in [0.5, 0.6) is 0 Å². The van der Waals surface area contributed by atoms with Crippen molar-refractivity contribution in [1.29, 1.82) is 0 Å². The van der Waals surface area contributed by atoms with Gasteiger partial charge in [-0.1, -0.05) is 0 Å². The fourth-order valence-electron chi connectivity index (χ4n) is 3.83. The van der Waals surface area contributed by atoms with Crippen molar-refractivity contribution in [2.24, 2.45) is 0 Å². The average Bonchev–Trinajstić information content (AvgIpc) is 3.29. The van der Waals surface area contributed by atoms with Gasteiger partial charge in [0.15, 0.2) is 17.1 Å². The van der Waals surface area contributed by atoms with Crippen LogP contribution in [0.15, 0.2) is 35.1 Å². The molecular formula is C19H19F3N4O2. The molecule has 0 saturated carbocycles. The molecule has 0 aromatic carbocycles. The van der Waals surface area contributed by atoms with E-state index in [4.69, 9.17) is 4.42 Å². The Labute approximate surface area is 159 Å². The van der Waals surface area contributed by atoms with Crippen molar-refractivity contribution >= 4 is 11.6 Å². The summed E-state index contributed by atoms with van der Waals surface area (Å²) in [6.07, 6.45) is 0.580. The summed E-state index contributed by atoms with van der Waals surface area (Å²) in [5.41, 5.74) is -1.09. The van der Waals surface area contributed by atoms with Crippen LogP contribution < -0.4 is 0 Å². The van der Waals surface area contributed by atoms with E-state index in [2.05, 4.69) is 10.1 Å². The summed E-state index contributed by atoms with van der Waals surface area (Å²) in [7, 11) is 0. The lowest BCUT2D eigenvalue weighted by atomic mass is 9.97. The van der Waals surface area contributed by atoms with E-state index in [1.807, 2.05) is 13.8 Å². The third-order valence-corrected chi connectivity index (χ3v) is 5.19. The minimum atomic E-state index is -4.67. The molecule has 6 nitrogen and oxygen atoms in total. The molecule has 4 rings (SSSR count). The number of halogens is 3. The third kappa shape index (κ3) is 3.04. The molecule has 1 amide bonds. The highest BCUT2D eigenvalue weighted by Crippen LogP contribution is 2.33. The Balaban J connectivity index is 1.88. The normalized spacial score (nSPS) is 20.7. The molecule has 1 saturated heterocycles. The molecule has 1 aliphatic rings. The number of fused-ring (bicyclic) bond motifs is 1. The zero-order chi connectivity index (χ0) is 20.1. The number of hydrogen-bond acceptors (Lipinski definition) is 4. The Morgan fingerprint density at radius 1 is 1.25 bits per heavy atom. The van der Waals surface area contributed by atoms with Crippen molar-refractivity contribution in [3.8, 4) is 11.5 Å². The van der Waals surface area contributed by atoms with Crippen LogP contribution in [0.3, 0.4) is 0 Å². The van der Waals surface area contributed by atoms with Crippen LogP contribution in [0.25, 0.3) is 17.1 Å². The molecule has 0 unspecified atom stereocenters. The quantitative estimate of drug-likeness (QED) is 0.648. The van der Waals surface area contributed by atoms with Crippen molar-refractivity contribution in [2.45, 2.75) is 51.4 Å². The van der Waals surface area contributed by atoms with Crippen LogP contribution >= 0.6 is 0 Å². The minimum absolute atomic E-state index is 0.000818. The van der Waals surface area contributed by atoms with Gasteiger partial charge in [0.05, 0.1) is 12.5 Å². The maximum Gasteiger partial charge on any atom is 0.433 e. The smallest absolute Gasteiger partial charge is 0.433 e. The Hall–Kier alpha value is -2.84. The molecule has 4 heterocycles. The number of amides is 1. The molecule has 0 bridgehead atoms. The van der Waals surface area contributed by atoms with Gasteiger partial charge >= 0.3 is 6.18 Å². The van der Waals surface area contributed by atoms with E-state index < -0.39 is 11.9 Å². The van der Waals surface area contributed by atoms with Gasteiger partial charge in [0.2, 0.25) is 0 Å². The number of likely N-dealkylation sites (tertiary alicyclic amines) is 1. The molecule has 0 radical (unpaired) electrons. The molecule has 3 aromatic heterocycles. The fourth-order valence-corrected chi connectivity index (χ4v) is 3.83. The van der Waals surface area contributed by atoms with Gasteiger partial charge in [-0.3, -0.25) is 4.79 Å². The van der Waals surface area contributed by atoms with Crippen molar-refractivity contribution in [2.75, 3.05) is 0 Å². The van der Waals surface area contributed by atoms with Gasteiger partial charge in [-0.25, -0.2) is 9.50 Å². The lowest BCUT2D eigenvalue weighted by molar-refractivity contribution is -0.142. The summed E-state index contributed by atoms with van der Waals surface area (Å²) in [6, 6.07) is 3.96. The maximum atomic E-state index is 13.6. The fraction of sp³-hybridized carbons (Fsp3) is 0.421. The van der Waals surface area contributed by atoms with E-state index >= 15 is 0 Å². The van der Waals surface area contributed by atoms with E-state index in [0.29, 0.717) is 4.52 Å². The zero-order valence-corrected chi connectivity index (χ0v) is 15.4. The van der Waals surface area contributed by atoms with Crippen LogP contribution in [0.2, 0.25) is 0 Å². The highest BCUT2D eigenvalue weighted by atomic mass is 19.4. The van der Waals surface area contributed by atoms with Crippen molar-refractivity contribution in [3.63, 3.8) is 0 Å². The van der Waals surface area contributed by atoms with Crippen molar-refractivity contribution in [3.05, 3.63) is 41.9 Å². The highest BCUT2D eigenvalue weighted by molar-refractivity contribution is 6.00. The molecule has 9 heteroatoms. The van der Waals surface area contributed by atoms with Gasteiger partial charge in [-0.15, -0.1) is 0 Å². The molecule has 148 valence electrons. The molecular weight excluding hydrogens is 373 g/mol. The van der Waals surface area contributed by atoms with Crippen LogP contribution in [0.4, 0.5) is 13.2 Å². The monoisotopic (exact) mass is 392 g/mol. The first-order valence-electron chi connectivity index (χ1n) is 9.10. The lowest BCUT2D eigenvalue weighted by Crippen LogP contribution is -2.47. The number of furan rings is 1. The number of aromatic nitrogens is 3. The largest absolute Gasteiger partial charge is 0.463 e. The van der Waals surface area contributed by atoms with Gasteiger partial charge < -0.3 is 9.32 Å². The summed E-state index contributed by atoms with van der Waals surface area (Å²) >= 11 is 0. The van der Waals surface area contributed by atoms with Crippen LogP contribution in [0, 0.1) is 0 Å². The van der Waals surface area contributed by atoms with Gasteiger partial charge in [0.1, 0.15) is 11.3 Å². The van der Waals surface area contributed by atoms with Gasteiger partial charge in [0.25, 0.3) is 5.91 Å².